The third-order valence-corrected chi connectivity index (χ3v) is 7.99. The lowest BCUT2D eigenvalue weighted by Gasteiger charge is -2.47. The highest BCUT2D eigenvalue weighted by molar-refractivity contribution is 6.32. The maximum absolute atomic E-state index is 12.9. The van der Waals surface area contributed by atoms with Gasteiger partial charge in [-0.1, -0.05) is 54.8 Å². The molecule has 5 rings (SSSR count). The van der Waals surface area contributed by atoms with Crippen LogP contribution in [0.3, 0.4) is 0 Å². The zero-order valence-electron chi connectivity index (χ0n) is 19.9. The Morgan fingerprint density at radius 1 is 1.23 bits per heavy atom. The number of piperidine rings is 1. The third-order valence-electron chi connectivity index (χ3n) is 7.70. The molecule has 1 N–H and O–H groups in total. The minimum atomic E-state index is -0.633. The number of likely N-dealkylation sites (tertiary alicyclic amines) is 1. The minimum absolute atomic E-state index is 0.125. The van der Waals surface area contributed by atoms with Gasteiger partial charge in [-0.25, -0.2) is 4.79 Å². The molecule has 1 amide bonds. The molecule has 1 aliphatic carbocycles. The van der Waals surface area contributed by atoms with Gasteiger partial charge in [0.05, 0.1) is 10.6 Å². The molecule has 2 atom stereocenters. The van der Waals surface area contributed by atoms with Crippen LogP contribution in [0.15, 0.2) is 51.7 Å². The molecule has 2 heterocycles. The molecule has 35 heavy (non-hydrogen) atoms. The zero-order chi connectivity index (χ0) is 24.6. The molecule has 1 aliphatic heterocycles. The second-order valence-corrected chi connectivity index (χ2v) is 10.3. The van der Waals surface area contributed by atoms with Crippen LogP contribution in [-0.4, -0.2) is 41.2 Å². The van der Waals surface area contributed by atoms with Gasteiger partial charge in [-0.15, -0.1) is 0 Å². The molecule has 2 fully saturated rings. The lowest BCUT2D eigenvalue weighted by atomic mass is 9.71. The summed E-state index contributed by atoms with van der Waals surface area (Å²) in [6.45, 7) is 2.81. The smallest absolute Gasteiger partial charge is 0.340 e. The van der Waals surface area contributed by atoms with E-state index in [1.165, 1.54) is 0 Å². The molecule has 0 bridgehead atoms. The van der Waals surface area contributed by atoms with Gasteiger partial charge in [0.2, 0.25) is 0 Å². The van der Waals surface area contributed by atoms with Gasteiger partial charge < -0.3 is 19.2 Å². The first kappa shape index (κ1) is 23.9. The number of hydrogen-bond donors (Lipinski definition) is 1. The summed E-state index contributed by atoms with van der Waals surface area (Å²) in [6, 6.07) is 13.1. The fraction of sp³-hybridized carbons (Fsp3) is 0.429. The van der Waals surface area contributed by atoms with Crippen molar-refractivity contribution in [1.29, 1.82) is 0 Å². The number of halogens is 1. The van der Waals surface area contributed by atoms with E-state index in [4.69, 9.17) is 20.8 Å². The molecule has 3 aromatic rings. The molecule has 7 heteroatoms. The quantitative estimate of drug-likeness (QED) is 0.510. The Balaban J connectivity index is 1.31. The van der Waals surface area contributed by atoms with E-state index in [1.54, 1.807) is 17.0 Å². The molecule has 1 saturated carbocycles. The number of fused-ring (bicyclic) bond motifs is 2. The summed E-state index contributed by atoms with van der Waals surface area (Å²) in [5.41, 5.74) is 1.79. The molecule has 0 spiro atoms. The van der Waals surface area contributed by atoms with Crippen molar-refractivity contribution in [3.8, 4) is 5.75 Å². The van der Waals surface area contributed by atoms with E-state index in [1.807, 2.05) is 37.3 Å². The van der Waals surface area contributed by atoms with Crippen LogP contribution < -0.4 is 10.4 Å². The van der Waals surface area contributed by atoms with Crippen molar-refractivity contribution in [3.63, 3.8) is 0 Å². The summed E-state index contributed by atoms with van der Waals surface area (Å²) in [6.07, 6.45) is 4.99. The predicted octanol–water partition coefficient (Wildman–Crippen LogP) is 4.88. The maximum atomic E-state index is 12.9. The largest absolute Gasteiger partial charge is 0.482 e. The highest BCUT2D eigenvalue weighted by Crippen LogP contribution is 2.40. The summed E-state index contributed by atoms with van der Waals surface area (Å²) in [5.74, 6) is 0.294. The van der Waals surface area contributed by atoms with Crippen molar-refractivity contribution in [2.75, 3.05) is 19.7 Å². The van der Waals surface area contributed by atoms with Gasteiger partial charge in [-0.2, -0.15) is 0 Å². The van der Waals surface area contributed by atoms with E-state index < -0.39 is 11.2 Å². The number of carbonyl (C=O) groups is 1. The lowest BCUT2D eigenvalue weighted by Crippen LogP contribution is -2.55. The van der Waals surface area contributed by atoms with Crippen molar-refractivity contribution >= 4 is 28.5 Å². The number of amides is 1. The Bertz CT molecular complexity index is 1300. The van der Waals surface area contributed by atoms with Gasteiger partial charge in [0, 0.05) is 42.4 Å². The Morgan fingerprint density at radius 2 is 2.03 bits per heavy atom. The highest BCUT2D eigenvalue weighted by atomic mass is 35.5. The second kappa shape index (κ2) is 9.67. The fourth-order valence-corrected chi connectivity index (χ4v) is 5.75. The van der Waals surface area contributed by atoms with Crippen LogP contribution in [0.1, 0.15) is 48.8 Å². The fourth-order valence-electron chi connectivity index (χ4n) is 5.53. The number of benzene rings is 2. The third kappa shape index (κ3) is 4.82. The molecule has 1 saturated heterocycles. The summed E-state index contributed by atoms with van der Waals surface area (Å²) in [7, 11) is 0. The van der Waals surface area contributed by atoms with Crippen molar-refractivity contribution in [2.45, 2.75) is 51.0 Å². The van der Waals surface area contributed by atoms with Crippen molar-refractivity contribution in [3.05, 3.63) is 74.6 Å². The number of nitrogens with zero attached hydrogens (tertiary/aromatic N) is 1. The minimum Gasteiger partial charge on any atom is -0.482 e. The predicted molar refractivity (Wildman–Crippen MR) is 135 cm³/mol. The first-order valence-corrected chi connectivity index (χ1v) is 12.6. The van der Waals surface area contributed by atoms with E-state index in [0.717, 1.165) is 42.2 Å². The number of rotatable bonds is 5. The molecule has 184 valence electrons. The van der Waals surface area contributed by atoms with Gasteiger partial charge in [-0.3, -0.25) is 4.79 Å². The SMILES string of the molecule is Cc1c(Cc2ccccc2)c(=O)oc2cc(OCC(=O)N3CC[C@]4(O)CCCC[C@@H]4C3)c(Cl)cc12. The van der Waals surface area contributed by atoms with Gasteiger partial charge in [-0.05, 0) is 43.4 Å². The van der Waals surface area contributed by atoms with Crippen LogP contribution in [0.2, 0.25) is 5.02 Å². The van der Waals surface area contributed by atoms with Crippen LogP contribution in [0, 0.1) is 12.8 Å². The standard InChI is InChI=1S/C28H30ClNO5/c1-18-21-14-23(29)25(15-24(21)35-27(32)22(18)13-19-7-3-2-4-8-19)34-17-26(31)30-12-11-28(33)10-6-5-9-20(28)16-30/h2-4,7-8,14-15,20,33H,5-6,9-13,16-17H2,1H3/t20-,28-/m1/s1. The number of ether oxygens (including phenoxy) is 1. The Hall–Kier alpha value is -2.83. The lowest BCUT2D eigenvalue weighted by molar-refractivity contribution is -0.145. The van der Waals surface area contributed by atoms with Crippen LogP contribution in [-0.2, 0) is 11.2 Å². The molecule has 0 unspecified atom stereocenters. The normalized spacial score (nSPS) is 22.1. The summed E-state index contributed by atoms with van der Waals surface area (Å²) in [5, 5.41) is 12.0. The van der Waals surface area contributed by atoms with Gasteiger partial charge in [0.1, 0.15) is 11.3 Å². The average Bonchev–Trinajstić information content (AvgIpc) is 2.86. The maximum Gasteiger partial charge on any atom is 0.340 e. The zero-order valence-corrected chi connectivity index (χ0v) is 20.6. The number of aliphatic hydroxyl groups is 1. The molecule has 2 aliphatic rings. The first-order valence-electron chi connectivity index (χ1n) is 12.3. The highest BCUT2D eigenvalue weighted by Gasteiger charge is 2.43. The van der Waals surface area contributed by atoms with Crippen molar-refractivity contribution in [2.24, 2.45) is 5.92 Å². The second-order valence-electron chi connectivity index (χ2n) is 9.86. The van der Waals surface area contributed by atoms with E-state index in [2.05, 4.69) is 0 Å². The van der Waals surface area contributed by atoms with E-state index in [0.29, 0.717) is 47.8 Å². The van der Waals surface area contributed by atoms with Crippen molar-refractivity contribution < 1.29 is 19.1 Å². The van der Waals surface area contributed by atoms with Gasteiger partial charge in [0.15, 0.2) is 6.61 Å². The molecular weight excluding hydrogens is 466 g/mol. The topological polar surface area (TPSA) is 80.0 Å². The molecular formula is C28H30ClNO5. The summed E-state index contributed by atoms with van der Waals surface area (Å²) in [4.78, 5) is 27.4. The molecule has 2 aromatic carbocycles. The Morgan fingerprint density at radius 3 is 2.83 bits per heavy atom. The molecule has 6 nitrogen and oxygen atoms in total. The van der Waals surface area contributed by atoms with Gasteiger partial charge in [0.25, 0.3) is 5.91 Å². The summed E-state index contributed by atoms with van der Waals surface area (Å²) < 4.78 is 11.4. The van der Waals surface area contributed by atoms with E-state index in [-0.39, 0.29) is 18.4 Å². The number of aryl methyl sites for hydroxylation is 1. The Labute approximate surface area is 209 Å². The molecule has 0 radical (unpaired) electrons. The first-order chi connectivity index (χ1) is 16.8. The van der Waals surface area contributed by atoms with Crippen LogP contribution >= 0.6 is 11.6 Å². The number of hydrogen-bond acceptors (Lipinski definition) is 5. The van der Waals surface area contributed by atoms with Crippen LogP contribution in [0.25, 0.3) is 11.0 Å². The van der Waals surface area contributed by atoms with Crippen molar-refractivity contribution in [1.82, 2.24) is 4.90 Å². The Kier molecular flexibility index (Phi) is 6.60. The molecule has 1 aromatic heterocycles. The summed E-state index contributed by atoms with van der Waals surface area (Å²) >= 11 is 6.50. The van der Waals surface area contributed by atoms with Gasteiger partial charge >= 0.3 is 5.63 Å². The van der Waals surface area contributed by atoms with Crippen LogP contribution in [0.4, 0.5) is 0 Å². The average molecular weight is 496 g/mol. The van der Waals surface area contributed by atoms with E-state index >= 15 is 0 Å². The van der Waals surface area contributed by atoms with Crippen LogP contribution in [0.5, 0.6) is 5.75 Å². The number of carbonyl (C=O) groups excluding carboxylic acids is 1. The van der Waals surface area contributed by atoms with E-state index in [9.17, 15) is 14.7 Å². The monoisotopic (exact) mass is 495 g/mol.